The van der Waals surface area contributed by atoms with Gasteiger partial charge in [0.1, 0.15) is 0 Å². The fourth-order valence-electron chi connectivity index (χ4n) is 0.768. The van der Waals surface area contributed by atoms with E-state index in [-0.39, 0.29) is 5.97 Å². The second kappa shape index (κ2) is 4.91. The van der Waals surface area contributed by atoms with Gasteiger partial charge in [-0.15, -0.1) is 0 Å². The number of hydrogen-bond donors (Lipinski definition) is 1. The number of carbonyl (C=O) groups is 1. The van der Waals surface area contributed by atoms with Crippen molar-refractivity contribution in [2.24, 2.45) is 0 Å². The van der Waals surface area contributed by atoms with E-state index in [1.165, 1.54) is 7.11 Å². The lowest BCUT2D eigenvalue weighted by atomic mass is 10.1. The van der Waals surface area contributed by atoms with Crippen LogP contribution in [-0.4, -0.2) is 24.3 Å². The van der Waals surface area contributed by atoms with Crippen molar-refractivity contribution in [2.45, 2.75) is 26.4 Å². The van der Waals surface area contributed by atoms with Crippen molar-refractivity contribution in [3.8, 4) is 0 Å². The van der Waals surface area contributed by atoms with Gasteiger partial charge in [-0.05, 0) is 13.8 Å². The SMILES string of the molecule is CC=C(CC(C)O)C(=O)OC. The first kappa shape index (κ1) is 10.2. The van der Waals surface area contributed by atoms with Gasteiger partial charge in [0.05, 0.1) is 13.2 Å². The topological polar surface area (TPSA) is 46.5 Å². The summed E-state index contributed by atoms with van der Waals surface area (Å²) in [5, 5.41) is 8.95. The Kier molecular flexibility index (Phi) is 4.54. The van der Waals surface area contributed by atoms with Gasteiger partial charge in [0.2, 0.25) is 0 Å². The molecule has 0 aromatic rings. The molecule has 0 aromatic heterocycles. The molecule has 0 heterocycles. The average molecular weight is 158 g/mol. The van der Waals surface area contributed by atoms with E-state index in [4.69, 9.17) is 5.11 Å². The van der Waals surface area contributed by atoms with Crippen molar-refractivity contribution in [3.05, 3.63) is 11.6 Å². The van der Waals surface area contributed by atoms with E-state index in [9.17, 15) is 4.79 Å². The molecule has 0 aromatic carbocycles. The number of methoxy groups -OCH3 is 1. The quantitative estimate of drug-likeness (QED) is 0.490. The van der Waals surface area contributed by atoms with Crippen LogP contribution in [0.15, 0.2) is 11.6 Å². The molecule has 1 N–H and O–H groups in total. The number of rotatable bonds is 3. The van der Waals surface area contributed by atoms with Crippen molar-refractivity contribution >= 4 is 5.97 Å². The predicted octanol–water partition coefficient (Wildman–Crippen LogP) is 0.877. The van der Waals surface area contributed by atoms with Gasteiger partial charge < -0.3 is 9.84 Å². The summed E-state index contributed by atoms with van der Waals surface area (Å²) in [5.41, 5.74) is 0.516. The Hall–Kier alpha value is -0.830. The highest BCUT2D eigenvalue weighted by Gasteiger charge is 2.10. The van der Waals surface area contributed by atoms with Gasteiger partial charge >= 0.3 is 5.97 Å². The van der Waals surface area contributed by atoms with Gasteiger partial charge in [-0.25, -0.2) is 4.79 Å². The van der Waals surface area contributed by atoms with Gasteiger partial charge in [0.25, 0.3) is 0 Å². The minimum atomic E-state index is -0.500. The number of aliphatic hydroxyl groups excluding tert-OH is 1. The van der Waals surface area contributed by atoms with Gasteiger partial charge in [-0.2, -0.15) is 0 Å². The summed E-state index contributed by atoms with van der Waals surface area (Å²) >= 11 is 0. The third-order valence-corrected chi connectivity index (χ3v) is 1.31. The standard InChI is InChI=1S/C8H14O3/c1-4-7(5-6(2)9)8(10)11-3/h4,6,9H,5H2,1-3H3. The highest BCUT2D eigenvalue weighted by molar-refractivity contribution is 5.88. The first-order valence-electron chi connectivity index (χ1n) is 3.53. The van der Waals surface area contributed by atoms with Crippen molar-refractivity contribution in [3.63, 3.8) is 0 Å². The van der Waals surface area contributed by atoms with Gasteiger partial charge in [-0.3, -0.25) is 0 Å². The molecular weight excluding hydrogens is 144 g/mol. The van der Waals surface area contributed by atoms with E-state index in [1.807, 2.05) is 0 Å². The lowest BCUT2D eigenvalue weighted by Gasteiger charge is -2.05. The van der Waals surface area contributed by atoms with E-state index in [0.29, 0.717) is 12.0 Å². The molecule has 0 bridgehead atoms. The van der Waals surface area contributed by atoms with Crippen LogP contribution in [0.25, 0.3) is 0 Å². The molecule has 64 valence electrons. The van der Waals surface area contributed by atoms with Crippen LogP contribution in [0.2, 0.25) is 0 Å². The Morgan fingerprint density at radius 2 is 2.27 bits per heavy atom. The molecule has 0 aliphatic rings. The summed E-state index contributed by atoms with van der Waals surface area (Å²) in [7, 11) is 1.33. The van der Waals surface area contributed by atoms with Crippen LogP contribution >= 0.6 is 0 Å². The highest BCUT2D eigenvalue weighted by atomic mass is 16.5. The molecule has 11 heavy (non-hydrogen) atoms. The normalized spacial score (nSPS) is 14.4. The molecule has 0 rings (SSSR count). The molecule has 3 nitrogen and oxygen atoms in total. The first-order valence-corrected chi connectivity index (χ1v) is 3.53. The molecule has 1 unspecified atom stereocenters. The van der Waals surface area contributed by atoms with E-state index in [1.54, 1.807) is 19.9 Å². The molecule has 3 heteroatoms. The Bertz CT molecular complexity index is 159. The summed E-state index contributed by atoms with van der Waals surface area (Å²) in [6, 6.07) is 0. The van der Waals surface area contributed by atoms with E-state index in [2.05, 4.69) is 4.74 Å². The van der Waals surface area contributed by atoms with Crippen LogP contribution in [0, 0.1) is 0 Å². The maximum absolute atomic E-state index is 10.9. The van der Waals surface area contributed by atoms with Gasteiger partial charge in [-0.1, -0.05) is 6.08 Å². The second-order valence-electron chi connectivity index (χ2n) is 2.36. The lowest BCUT2D eigenvalue weighted by Crippen LogP contribution is -2.10. The number of carbonyl (C=O) groups excluding carboxylic acids is 1. The molecular formula is C8H14O3. The Labute approximate surface area is 66.7 Å². The minimum Gasteiger partial charge on any atom is -0.466 e. The maximum atomic E-state index is 10.9. The van der Waals surface area contributed by atoms with Crippen LogP contribution in [0.5, 0.6) is 0 Å². The fourth-order valence-corrected chi connectivity index (χ4v) is 0.768. The zero-order valence-electron chi connectivity index (χ0n) is 7.13. The molecule has 1 atom stereocenters. The third-order valence-electron chi connectivity index (χ3n) is 1.31. The van der Waals surface area contributed by atoms with E-state index in [0.717, 1.165) is 0 Å². The zero-order chi connectivity index (χ0) is 8.85. The summed E-state index contributed by atoms with van der Waals surface area (Å²) in [5.74, 6) is -0.367. The molecule has 0 fully saturated rings. The predicted molar refractivity (Wildman–Crippen MR) is 42.1 cm³/mol. The number of hydrogen-bond acceptors (Lipinski definition) is 3. The van der Waals surface area contributed by atoms with Crippen molar-refractivity contribution in [2.75, 3.05) is 7.11 Å². The number of aliphatic hydroxyl groups is 1. The monoisotopic (exact) mass is 158 g/mol. The van der Waals surface area contributed by atoms with E-state index < -0.39 is 6.10 Å². The summed E-state index contributed by atoms with van der Waals surface area (Å²) in [4.78, 5) is 10.9. The van der Waals surface area contributed by atoms with Crippen molar-refractivity contribution < 1.29 is 14.6 Å². The second-order valence-corrected chi connectivity index (χ2v) is 2.36. The third kappa shape index (κ3) is 3.78. The van der Waals surface area contributed by atoms with Crippen LogP contribution < -0.4 is 0 Å². The van der Waals surface area contributed by atoms with Crippen LogP contribution in [0.1, 0.15) is 20.3 Å². The zero-order valence-corrected chi connectivity index (χ0v) is 7.13. The molecule has 0 aliphatic carbocycles. The molecule has 0 radical (unpaired) electrons. The minimum absolute atomic E-state index is 0.350. The fraction of sp³-hybridized carbons (Fsp3) is 0.625. The number of allylic oxidation sites excluding steroid dienone is 1. The summed E-state index contributed by atoms with van der Waals surface area (Å²) in [6.07, 6.45) is 1.50. The van der Waals surface area contributed by atoms with Crippen molar-refractivity contribution in [1.29, 1.82) is 0 Å². The lowest BCUT2D eigenvalue weighted by molar-refractivity contribution is -0.136. The average Bonchev–Trinajstić information content (AvgIpc) is 1.98. The molecule has 0 saturated carbocycles. The number of esters is 1. The Morgan fingerprint density at radius 1 is 1.73 bits per heavy atom. The van der Waals surface area contributed by atoms with E-state index >= 15 is 0 Å². The van der Waals surface area contributed by atoms with Crippen LogP contribution in [0.4, 0.5) is 0 Å². The molecule has 0 amide bonds. The largest absolute Gasteiger partial charge is 0.466 e. The Morgan fingerprint density at radius 3 is 2.55 bits per heavy atom. The maximum Gasteiger partial charge on any atom is 0.333 e. The van der Waals surface area contributed by atoms with Gasteiger partial charge in [0.15, 0.2) is 0 Å². The molecule has 0 spiro atoms. The summed E-state index contributed by atoms with van der Waals surface area (Å²) < 4.78 is 4.49. The summed E-state index contributed by atoms with van der Waals surface area (Å²) in [6.45, 7) is 3.38. The highest BCUT2D eigenvalue weighted by Crippen LogP contribution is 2.06. The number of ether oxygens (including phenoxy) is 1. The Balaban J connectivity index is 4.09. The van der Waals surface area contributed by atoms with Gasteiger partial charge in [0, 0.05) is 12.0 Å². The molecule has 0 aliphatic heterocycles. The first-order chi connectivity index (χ1) is 5.11. The van der Waals surface area contributed by atoms with Crippen molar-refractivity contribution in [1.82, 2.24) is 0 Å². The smallest absolute Gasteiger partial charge is 0.333 e. The van der Waals surface area contributed by atoms with Crippen LogP contribution in [0.3, 0.4) is 0 Å². The molecule has 0 saturated heterocycles. The van der Waals surface area contributed by atoms with Crippen LogP contribution in [-0.2, 0) is 9.53 Å².